The van der Waals surface area contributed by atoms with E-state index in [-0.39, 0.29) is 0 Å². The molecule has 0 heterocycles. The number of ether oxygens (including phenoxy) is 1. The van der Waals surface area contributed by atoms with E-state index in [9.17, 15) is 15.0 Å². The van der Waals surface area contributed by atoms with Gasteiger partial charge in [0.05, 0.1) is 18.6 Å². The Morgan fingerprint density at radius 2 is 1.85 bits per heavy atom. The van der Waals surface area contributed by atoms with Gasteiger partial charge < -0.3 is 14.9 Å². The molecule has 2 aromatic carbocycles. The summed E-state index contributed by atoms with van der Waals surface area (Å²) >= 11 is 0. The summed E-state index contributed by atoms with van der Waals surface area (Å²) < 4.78 is 5.30. The van der Waals surface area contributed by atoms with Gasteiger partial charge in [0, 0.05) is 5.56 Å². The van der Waals surface area contributed by atoms with E-state index in [4.69, 9.17) is 4.74 Å². The Bertz CT molecular complexity index is 646. The SMILES string of the molecule is COc1ccc2ccccc2c1C(O)C(C)(C)C(=O)O. The third kappa shape index (κ3) is 2.23. The van der Waals surface area contributed by atoms with Crippen LogP contribution in [0.25, 0.3) is 10.8 Å². The van der Waals surface area contributed by atoms with Crippen molar-refractivity contribution in [3.63, 3.8) is 0 Å². The summed E-state index contributed by atoms with van der Waals surface area (Å²) in [6.45, 7) is 3.00. The molecule has 0 aromatic heterocycles. The lowest BCUT2D eigenvalue weighted by Crippen LogP contribution is -2.31. The molecule has 0 saturated carbocycles. The van der Waals surface area contributed by atoms with Crippen LogP contribution in [-0.4, -0.2) is 23.3 Å². The lowest BCUT2D eigenvalue weighted by Gasteiger charge is -2.28. The van der Waals surface area contributed by atoms with Crippen molar-refractivity contribution >= 4 is 16.7 Å². The van der Waals surface area contributed by atoms with Crippen molar-refractivity contribution in [1.29, 1.82) is 0 Å². The topological polar surface area (TPSA) is 66.8 Å². The van der Waals surface area contributed by atoms with Gasteiger partial charge in [-0.3, -0.25) is 4.79 Å². The average Bonchev–Trinajstić information content (AvgIpc) is 2.44. The highest BCUT2D eigenvalue weighted by atomic mass is 16.5. The minimum Gasteiger partial charge on any atom is -0.496 e. The van der Waals surface area contributed by atoms with Gasteiger partial charge in [0.15, 0.2) is 0 Å². The first kappa shape index (κ1) is 14.3. The molecule has 0 amide bonds. The first-order valence-electron chi connectivity index (χ1n) is 6.36. The fraction of sp³-hybridized carbons (Fsp3) is 0.312. The van der Waals surface area contributed by atoms with E-state index in [2.05, 4.69) is 0 Å². The Labute approximate surface area is 117 Å². The predicted octanol–water partition coefficient (Wildman–Crippen LogP) is 2.99. The fourth-order valence-electron chi connectivity index (χ4n) is 2.21. The van der Waals surface area contributed by atoms with Crippen LogP contribution in [0.5, 0.6) is 5.75 Å². The van der Waals surface area contributed by atoms with Crippen molar-refractivity contribution in [1.82, 2.24) is 0 Å². The third-order valence-electron chi connectivity index (χ3n) is 3.66. The minimum atomic E-state index is -1.31. The Balaban J connectivity index is 2.71. The Hall–Kier alpha value is -2.07. The van der Waals surface area contributed by atoms with Crippen molar-refractivity contribution in [2.75, 3.05) is 7.11 Å². The maximum atomic E-state index is 11.4. The van der Waals surface area contributed by atoms with Crippen molar-refractivity contribution in [3.05, 3.63) is 42.0 Å². The molecule has 2 N–H and O–H groups in total. The number of methoxy groups -OCH3 is 1. The van der Waals surface area contributed by atoms with Crippen LogP contribution < -0.4 is 4.74 Å². The molecule has 0 aliphatic heterocycles. The normalized spacial score (nSPS) is 13.2. The number of benzene rings is 2. The highest BCUT2D eigenvalue weighted by molar-refractivity contribution is 5.89. The monoisotopic (exact) mass is 274 g/mol. The number of hydrogen-bond donors (Lipinski definition) is 2. The van der Waals surface area contributed by atoms with Crippen LogP contribution >= 0.6 is 0 Å². The van der Waals surface area contributed by atoms with Crippen LogP contribution in [0.3, 0.4) is 0 Å². The molecule has 0 bridgehead atoms. The van der Waals surface area contributed by atoms with Crippen LogP contribution in [0.1, 0.15) is 25.5 Å². The van der Waals surface area contributed by atoms with Gasteiger partial charge in [-0.05, 0) is 30.7 Å². The molecule has 4 heteroatoms. The number of carbonyl (C=O) groups is 1. The summed E-state index contributed by atoms with van der Waals surface area (Å²) in [6, 6.07) is 11.2. The molecule has 0 radical (unpaired) electrons. The quantitative estimate of drug-likeness (QED) is 0.899. The molecule has 20 heavy (non-hydrogen) atoms. The van der Waals surface area contributed by atoms with E-state index in [0.29, 0.717) is 11.3 Å². The smallest absolute Gasteiger partial charge is 0.312 e. The fourth-order valence-corrected chi connectivity index (χ4v) is 2.21. The molecule has 0 fully saturated rings. The van der Waals surface area contributed by atoms with Gasteiger partial charge in [0.1, 0.15) is 5.75 Å². The Kier molecular flexibility index (Phi) is 3.68. The van der Waals surface area contributed by atoms with Gasteiger partial charge in [-0.2, -0.15) is 0 Å². The van der Waals surface area contributed by atoms with Crippen molar-refractivity contribution in [2.24, 2.45) is 5.41 Å². The van der Waals surface area contributed by atoms with E-state index in [1.807, 2.05) is 30.3 Å². The number of carboxylic acids is 1. The Morgan fingerprint density at radius 3 is 2.45 bits per heavy atom. The number of rotatable bonds is 4. The standard InChI is InChI=1S/C16H18O4/c1-16(2,15(18)19)14(17)13-11-7-5-4-6-10(11)8-9-12(13)20-3/h4-9,14,17H,1-3H3,(H,18,19). The molecular weight excluding hydrogens is 256 g/mol. The predicted molar refractivity (Wildman–Crippen MR) is 76.9 cm³/mol. The molecule has 4 nitrogen and oxygen atoms in total. The second-order valence-corrected chi connectivity index (χ2v) is 5.33. The van der Waals surface area contributed by atoms with E-state index >= 15 is 0 Å². The molecule has 2 rings (SSSR count). The molecule has 2 aromatic rings. The van der Waals surface area contributed by atoms with E-state index in [0.717, 1.165) is 10.8 Å². The summed E-state index contributed by atoms with van der Waals surface area (Å²) in [6.07, 6.45) is -1.17. The van der Waals surface area contributed by atoms with Crippen LogP contribution in [0.4, 0.5) is 0 Å². The van der Waals surface area contributed by atoms with Gasteiger partial charge in [-0.1, -0.05) is 30.3 Å². The zero-order chi connectivity index (χ0) is 14.9. The zero-order valence-electron chi connectivity index (χ0n) is 11.8. The molecule has 106 valence electrons. The van der Waals surface area contributed by atoms with Crippen LogP contribution in [0, 0.1) is 5.41 Å². The summed E-state index contributed by atoms with van der Waals surface area (Å²) in [4.78, 5) is 11.4. The second-order valence-electron chi connectivity index (χ2n) is 5.33. The molecule has 0 aliphatic carbocycles. The van der Waals surface area contributed by atoms with Gasteiger partial charge >= 0.3 is 5.97 Å². The second kappa shape index (κ2) is 5.13. The minimum absolute atomic E-state index is 0.491. The summed E-state index contributed by atoms with van der Waals surface area (Å²) in [5.41, 5.74) is -0.796. The largest absolute Gasteiger partial charge is 0.496 e. The highest BCUT2D eigenvalue weighted by Crippen LogP contribution is 2.41. The maximum absolute atomic E-state index is 11.4. The molecule has 1 atom stereocenters. The van der Waals surface area contributed by atoms with Crippen molar-refractivity contribution in [3.8, 4) is 5.75 Å². The molecule has 0 saturated heterocycles. The van der Waals surface area contributed by atoms with Crippen LogP contribution in [0.2, 0.25) is 0 Å². The van der Waals surface area contributed by atoms with E-state index < -0.39 is 17.5 Å². The zero-order valence-corrected chi connectivity index (χ0v) is 11.8. The van der Waals surface area contributed by atoms with Gasteiger partial charge in [0.25, 0.3) is 0 Å². The number of aliphatic hydroxyl groups is 1. The van der Waals surface area contributed by atoms with Crippen molar-refractivity contribution < 1.29 is 19.7 Å². The van der Waals surface area contributed by atoms with Gasteiger partial charge in [-0.15, -0.1) is 0 Å². The van der Waals surface area contributed by atoms with Gasteiger partial charge in [0.2, 0.25) is 0 Å². The summed E-state index contributed by atoms with van der Waals surface area (Å²) in [7, 11) is 1.51. The molecule has 0 spiro atoms. The van der Waals surface area contributed by atoms with Crippen molar-refractivity contribution in [2.45, 2.75) is 20.0 Å². The van der Waals surface area contributed by atoms with Crippen LogP contribution in [-0.2, 0) is 4.79 Å². The molecule has 0 aliphatic rings. The summed E-state index contributed by atoms with van der Waals surface area (Å²) in [5.74, 6) is -0.564. The van der Waals surface area contributed by atoms with E-state index in [1.54, 1.807) is 6.07 Å². The first-order valence-corrected chi connectivity index (χ1v) is 6.36. The van der Waals surface area contributed by atoms with Crippen LogP contribution in [0.15, 0.2) is 36.4 Å². The summed E-state index contributed by atoms with van der Waals surface area (Å²) in [5, 5.41) is 21.6. The number of fused-ring (bicyclic) bond motifs is 1. The van der Waals surface area contributed by atoms with E-state index in [1.165, 1.54) is 21.0 Å². The number of aliphatic carboxylic acids is 1. The number of aliphatic hydroxyl groups excluding tert-OH is 1. The van der Waals surface area contributed by atoms with Gasteiger partial charge in [-0.25, -0.2) is 0 Å². The first-order chi connectivity index (χ1) is 9.39. The number of hydrogen-bond acceptors (Lipinski definition) is 3. The number of carboxylic acid groups (broad SMARTS) is 1. The Morgan fingerprint density at radius 1 is 1.20 bits per heavy atom. The lowest BCUT2D eigenvalue weighted by molar-refractivity contribution is -0.153. The lowest BCUT2D eigenvalue weighted by atomic mass is 9.81. The maximum Gasteiger partial charge on any atom is 0.312 e. The third-order valence-corrected chi connectivity index (χ3v) is 3.66. The molecule has 1 unspecified atom stereocenters. The molecular formula is C16H18O4. The highest BCUT2D eigenvalue weighted by Gasteiger charge is 2.39. The average molecular weight is 274 g/mol.